The van der Waals surface area contributed by atoms with Crippen LogP contribution in [0.2, 0.25) is 0 Å². The Morgan fingerprint density at radius 2 is 2.00 bits per heavy atom. The molecule has 0 bridgehead atoms. The van der Waals surface area contributed by atoms with Gasteiger partial charge in [0.05, 0.1) is 10.6 Å². The van der Waals surface area contributed by atoms with E-state index in [0.717, 1.165) is 30.0 Å². The summed E-state index contributed by atoms with van der Waals surface area (Å²) in [5, 5.41) is 1.05. The van der Waals surface area contributed by atoms with Crippen LogP contribution < -0.4 is 4.90 Å². The minimum absolute atomic E-state index is 0.156. The van der Waals surface area contributed by atoms with Gasteiger partial charge in [0.1, 0.15) is 0 Å². The lowest BCUT2D eigenvalue weighted by Crippen LogP contribution is -2.35. The maximum atomic E-state index is 11.8. The summed E-state index contributed by atoms with van der Waals surface area (Å²) in [5.41, 5.74) is 1.14. The molecule has 0 aromatic heterocycles. The van der Waals surface area contributed by atoms with Crippen molar-refractivity contribution < 1.29 is 8.42 Å². The number of rotatable bonds is 5. The highest BCUT2D eigenvalue weighted by atomic mass is 79.9. The van der Waals surface area contributed by atoms with E-state index in [2.05, 4.69) is 20.8 Å². The Labute approximate surface area is 130 Å². The number of benzene rings is 1. The molecule has 112 valence electrons. The Morgan fingerprint density at radius 1 is 1.30 bits per heavy atom. The van der Waals surface area contributed by atoms with Gasteiger partial charge in [0.2, 0.25) is 0 Å². The predicted octanol–water partition coefficient (Wildman–Crippen LogP) is 3.48. The summed E-state index contributed by atoms with van der Waals surface area (Å²) in [5.74, 6) is 0.894. The Hall–Kier alpha value is -0.550. The van der Waals surface area contributed by atoms with Crippen LogP contribution >= 0.6 is 15.9 Å². The van der Waals surface area contributed by atoms with E-state index >= 15 is 0 Å². The number of halogens is 1. The van der Waals surface area contributed by atoms with E-state index in [-0.39, 0.29) is 5.75 Å². The van der Waals surface area contributed by atoms with E-state index in [1.807, 2.05) is 12.1 Å². The van der Waals surface area contributed by atoms with Crippen LogP contribution in [0, 0.1) is 5.92 Å². The minimum atomic E-state index is -3.09. The molecule has 0 radical (unpaired) electrons. The standard InChI is InChI=1S/C15H22BrNO2S/c1-2-20(18,19)15-7-5-14(6-8-15)17-11-3-4-13(12-17)9-10-16/h5-8,13H,2-4,9-12H2,1H3. The fourth-order valence-corrected chi connectivity index (χ4v) is 4.25. The lowest BCUT2D eigenvalue weighted by Gasteiger charge is -2.34. The number of sulfone groups is 1. The van der Waals surface area contributed by atoms with Crippen LogP contribution in [-0.4, -0.2) is 32.6 Å². The van der Waals surface area contributed by atoms with Crippen molar-refractivity contribution in [3.8, 4) is 0 Å². The van der Waals surface area contributed by atoms with E-state index in [0.29, 0.717) is 4.90 Å². The van der Waals surface area contributed by atoms with E-state index < -0.39 is 9.84 Å². The van der Waals surface area contributed by atoms with E-state index in [9.17, 15) is 8.42 Å². The number of hydrogen-bond acceptors (Lipinski definition) is 3. The molecular weight excluding hydrogens is 338 g/mol. The lowest BCUT2D eigenvalue weighted by atomic mass is 9.95. The molecule has 2 rings (SSSR count). The van der Waals surface area contributed by atoms with Gasteiger partial charge < -0.3 is 4.90 Å². The highest BCUT2D eigenvalue weighted by Gasteiger charge is 2.20. The first kappa shape index (κ1) is 15.8. The number of hydrogen-bond donors (Lipinski definition) is 0. The Morgan fingerprint density at radius 3 is 2.60 bits per heavy atom. The molecule has 1 aliphatic heterocycles. The molecule has 0 N–H and O–H groups in total. The van der Waals surface area contributed by atoms with Crippen molar-refractivity contribution in [2.75, 3.05) is 29.1 Å². The van der Waals surface area contributed by atoms with Crippen molar-refractivity contribution >= 4 is 31.5 Å². The molecule has 1 aromatic carbocycles. The SMILES string of the molecule is CCS(=O)(=O)c1ccc(N2CCCC(CCBr)C2)cc1. The highest BCUT2D eigenvalue weighted by Crippen LogP contribution is 2.26. The monoisotopic (exact) mass is 359 g/mol. The van der Waals surface area contributed by atoms with Crippen LogP contribution in [0.1, 0.15) is 26.2 Å². The molecule has 1 atom stereocenters. The third kappa shape index (κ3) is 3.76. The zero-order valence-corrected chi connectivity index (χ0v) is 14.3. The van der Waals surface area contributed by atoms with Gasteiger partial charge in [-0.15, -0.1) is 0 Å². The zero-order chi connectivity index (χ0) is 14.6. The summed E-state index contributed by atoms with van der Waals surface area (Å²) in [4.78, 5) is 2.80. The van der Waals surface area contributed by atoms with Gasteiger partial charge in [0, 0.05) is 24.1 Å². The van der Waals surface area contributed by atoms with Crippen LogP contribution in [0.25, 0.3) is 0 Å². The summed E-state index contributed by atoms with van der Waals surface area (Å²) >= 11 is 3.52. The number of anilines is 1. The average molecular weight is 360 g/mol. The van der Waals surface area contributed by atoms with Crippen molar-refractivity contribution in [1.29, 1.82) is 0 Å². The van der Waals surface area contributed by atoms with Crippen LogP contribution in [0.4, 0.5) is 5.69 Å². The summed E-state index contributed by atoms with van der Waals surface area (Å²) < 4.78 is 23.6. The lowest BCUT2D eigenvalue weighted by molar-refractivity contribution is 0.408. The van der Waals surface area contributed by atoms with Gasteiger partial charge in [-0.2, -0.15) is 0 Å². The van der Waals surface area contributed by atoms with Gasteiger partial charge in [-0.3, -0.25) is 0 Å². The third-order valence-corrected chi connectivity index (χ3v) is 6.19. The Bertz CT molecular complexity index is 525. The Balaban J connectivity index is 2.10. The van der Waals surface area contributed by atoms with Crippen LogP contribution in [0.5, 0.6) is 0 Å². The fourth-order valence-electron chi connectivity index (χ4n) is 2.72. The second kappa shape index (κ2) is 6.94. The summed E-state index contributed by atoms with van der Waals surface area (Å²) in [6, 6.07) is 7.36. The Kier molecular flexibility index (Phi) is 5.49. The molecule has 0 saturated carbocycles. The molecule has 5 heteroatoms. The first-order valence-electron chi connectivity index (χ1n) is 7.20. The molecule has 1 aromatic rings. The summed E-state index contributed by atoms with van der Waals surface area (Å²) in [7, 11) is -3.09. The van der Waals surface area contributed by atoms with Crippen LogP contribution in [0.3, 0.4) is 0 Å². The molecule has 1 fully saturated rings. The molecule has 20 heavy (non-hydrogen) atoms. The minimum Gasteiger partial charge on any atom is -0.371 e. The molecule has 1 unspecified atom stereocenters. The molecular formula is C15H22BrNO2S. The van der Waals surface area contributed by atoms with Crippen molar-refractivity contribution in [1.82, 2.24) is 0 Å². The van der Waals surface area contributed by atoms with Crippen molar-refractivity contribution in [2.45, 2.75) is 31.1 Å². The second-order valence-electron chi connectivity index (χ2n) is 5.33. The van der Waals surface area contributed by atoms with Gasteiger partial charge in [-0.1, -0.05) is 22.9 Å². The fraction of sp³-hybridized carbons (Fsp3) is 0.600. The number of alkyl halides is 1. The van der Waals surface area contributed by atoms with E-state index in [1.54, 1.807) is 19.1 Å². The zero-order valence-electron chi connectivity index (χ0n) is 11.9. The van der Waals surface area contributed by atoms with Gasteiger partial charge >= 0.3 is 0 Å². The molecule has 1 heterocycles. The third-order valence-electron chi connectivity index (χ3n) is 3.98. The van der Waals surface area contributed by atoms with Crippen molar-refractivity contribution in [3.05, 3.63) is 24.3 Å². The molecule has 0 spiro atoms. The molecule has 1 aliphatic rings. The maximum absolute atomic E-state index is 11.8. The average Bonchev–Trinajstić information content (AvgIpc) is 2.48. The first-order valence-corrected chi connectivity index (χ1v) is 9.98. The molecule has 1 saturated heterocycles. The largest absolute Gasteiger partial charge is 0.371 e. The van der Waals surface area contributed by atoms with Gasteiger partial charge in [-0.05, 0) is 49.4 Å². The first-order chi connectivity index (χ1) is 9.56. The second-order valence-corrected chi connectivity index (χ2v) is 8.40. The van der Waals surface area contributed by atoms with Gasteiger partial charge in [0.15, 0.2) is 9.84 Å². The van der Waals surface area contributed by atoms with Gasteiger partial charge in [0.25, 0.3) is 0 Å². The van der Waals surface area contributed by atoms with Crippen molar-refractivity contribution in [2.24, 2.45) is 5.92 Å². The van der Waals surface area contributed by atoms with Crippen LogP contribution in [-0.2, 0) is 9.84 Å². The normalized spacial score (nSPS) is 20.1. The molecule has 3 nitrogen and oxygen atoms in total. The maximum Gasteiger partial charge on any atom is 0.178 e. The molecule has 0 amide bonds. The van der Waals surface area contributed by atoms with Gasteiger partial charge in [-0.25, -0.2) is 8.42 Å². The van der Waals surface area contributed by atoms with E-state index in [4.69, 9.17) is 0 Å². The van der Waals surface area contributed by atoms with Crippen LogP contribution in [0.15, 0.2) is 29.2 Å². The van der Waals surface area contributed by atoms with E-state index in [1.165, 1.54) is 19.3 Å². The quantitative estimate of drug-likeness (QED) is 0.755. The molecule has 0 aliphatic carbocycles. The van der Waals surface area contributed by atoms with Crippen molar-refractivity contribution in [3.63, 3.8) is 0 Å². The number of nitrogens with zero attached hydrogens (tertiary/aromatic N) is 1. The summed E-state index contributed by atoms with van der Waals surface area (Å²) in [6.07, 6.45) is 3.72. The topological polar surface area (TPSA) is 37.4 Å². The predicted molar refractivity (Wildman–Crippen MR) is 87.5 cm³/mol. The number of piperidine rings is 1. The smallest absolute Gasteiger partial charge is 0.178 e. The summed E-state index contributed by atoms with van der Waals surface area (Å²) in [6.45, 7) is 3.82. The highest BCUT2D eigenvalue weighted by molar-refractivity contribution is 9.09.